The Labute approximate surface area is 159 Å². The van der Waals surface area contributed by atoms with Gasteiger partial charge in [0.2, 0.25) is 0 Å². The van der Waals surface area contributed by atoms with Crippen molar-refractivity contribution < 1.29 is 14.3 Å². The molecule has 1 amide bonds. The van der Waals surface area contributed by atoms with E-state index in [0.29, 0.717) is 13.2 Å². The van der Waals surface area contributed by atoms with Gasteiger partial charge in [0.25, 0.3) is 0 Å². The maximum absolute atomic E-state index is 11.4. The average molecular weight is 367 g/mol. The van der Waals surface area contributed by atoms with Crippen LogP contribution < -0.4 is 10.1 Å². The van der Waals surface area contributed by atoms with Crippen LogP contribution in [-0.2, 0) is 17.9 Å². The zero-order valence-corrected chi connectivity index (χ0v) is 15.4. The molecular formula is C21H25N3O3. The molecule has 1 spiro atoms. The van der Waals surface area contributed by atoms with E-state index in [1.54, 1.807) is 6.20 Å². The van der Waals surface area contributed by atoms with Crippen LogP contribution in [0.4, 0.5) is 4.79 Å². The van der Waals surface area contributed by atoms with Crippen LogP contribution in [0.25, 0.3) is 0 Å². The molecule has 1 atom stereocenters. The number of aromatic nitrogens is 1. The minimum Gasteiger partial charge on any atom is -0.487 e. The number of carbonyl (C=O) groups excluding carboxylic acids is 1. The number of alkyl carbamates (subject to hydrolysis) is 1. The van der Waals surface area contributed by atoms with Gasteiger partial charge < -0.3 is 14.8 Å². The minimum atomic E-state index is -0.306. The lowest BCUT2D eigenvalue weighted by atomic mass is 9.95. The summed E-state index contributed by atoms with van der Waals surface area (Å²) < 4.78 is 11.4. The Morgan fingerprint density at radius 2 is 2.15 bits per heavy atom. The predicted molar refractivity (Wildman–Crippen MR) is 101 cm³/mol. The van der Waals surface area contributed by atoms with Gasteiger partial charge in [0.1, 0.15) is 18.0 Å². The Balaban J connectivity index is 1.33. The van der Waals surface area contributed by atoms with Gasteiger partial charge in [-0.2, -0.15) is 0 Å². The highest BCUT2D eigenvalue weighted by atomic mass is 16.6. The summed E-state index contributed by atoms with van der Waals surface area (Å²) in [6.45, 7) is 3.91. The summed E-state index contributed by atoms with van der Waals surface area (Å²) in [5.41, 5.74) is 1.84. The van der Waals surface area contributed by atoms with E-state index in [2.05, 4.69) is 27.3 Å². The van der Waals surface area contributed by atoms with Crippen molar-refractivity contribution in [2.75, 3.05) is 19.6 Å². The largest absolute Gasteiger partial charge is 0.487 e. The number of amides is 1. The Hall–Kier alpha value is -2.60. The molecule has 3 heterocycles. The predicted octanol–water partition coefficient (Wildman–Crippen LogP) is 3.13. The molecule has 1 aromatic heterocycles. The van der Waals surface area contributed by atoms with Gasteiger partial charge in [-0.05, 0) is 49.2 Å². The van der Waals surface area contributed by atoms with Crippen LogP contribution in [0.3, 0.4) is 0 Å². The first kappa shape index (κ1) is 17.8. The number of benzene rings is 1. The van der Waals surface area contributed by atoms with Crippen LogP contribution in [0.15, 0.2) is 48.7 Å². The summed E-state index contributed by atoms with van der Waals surface area (Å²) in [6.07, 6.45) is 4.33. The number of rotatable bonds is 5. The van der Waals surface area contributed by atoms with Gasteiger partial charge in [0, 0.05) is 25.7 Å². The molecule has 4 rings (SSSR count). The van der Waals surface area contributed by atoms with E-state index < -0.39 is 0 Å². The van der Waals surface area contributed by atoms with Gasteiger partial charge in [-0.15, -0.1) is 0 Å². The lowest BCUT2D eigenvalue weighted by molar-refractivity contribution is 0.0443. The Morgan fingerprint density at radius 1 is 1.19 bits per heavy atom. The third-order valence-electron chi connectivity index (χ3n) is 5.27. The van der Waals surface area contributed by atoms with Crippen LogP contribution >= 0.6 is 0 Å². The third-order valence-corrected chi connectivity index (χ3v) is 5.27. The highest BCUT2D eigenvalue weighted by Gasteiger charge is 2.41. The van der Waals surface area contributed by atoms with Crippen LogP contribution in [0.5, 0.6) is 5.75 Å². The van der Waals surface area contributed by atoms with E-state index in [1.165, 1.54) is 5.56 Å². The molecular weight excluding hydrogens is 342 g/mol. The van der Waals surface area contributed by atoms with Gasteiger partial charge >= 0.3 is 6.09 Å². The monoisotopic (exact) mass is 367 g/mol. The van der Waals surface area contributed by atoms with Crippen molar-refractivity contribution in [3.8, 4) is 5.75 Å². The molecule has 27 heavy (non-hydrogen) atoms. The van der Waals surface area contributed by atoms with E-state index in [4.69, 9.17) is 9.47 Å². The van der Waals surface area contributed by atoms with Crippen molar-refractivity contribution in [3.05, 3.63) is 59.9 Å². The number of hydrogen-bond acceptors (Lipinski definition) is 5. The van der Waals surface area contributed by atoms with Crippen molar-refractivity contribution >= 4 is 6.09 Å². The van der Waals surface area contributed by atoms with E-state index in [-0.39, 0.29) is 11.7 Å². The summed E-state index contributed by atoms with van der Waals surface area (Å²) in [4.78, 5) is 18.2. The normalized spacial score (nSPS) is 22.9. The first-order valence-electron chi connectivity index (χ1n) is 9.52. The summed E-state index contributed by atoms with van der Waals surface area (Å²) >= 11 is 0. The maximum atomic E-state index is 11.4. The molecule has 0 unspecified atom stereocenters. The molecule has 0 radical (unpaired) electrons. The molecule has 2 aliphatic heterocycles. The summed E-state index contributed by atoms with van der Waals surface area (Å²) in [7, 11) is 0. The molecule has 0 bridgehead atoms. The standard InChI is InChI=1S/C21H25N3O3/c25-20-23-16-21(27-20)8-4-11-24(12-9-21)14-17-5-3-7-19(13-17)26-15-18-6-1-2-10-22-18/h1-3,5-7,10,13H,4,8-9,11-12,14-16H2,(H,23,25)/t21-/m0/s1. The first-order chi connectivity index (χ1) is 13.2. The molecule has 2 fully saturated rings. The van der Waals surface area contributed by atoms with E-state index in [0.717, 1.165) is 50.3 Å². The van der Waals surface area contributed by atoms with Crippen molar-refractivity contribution in [2.45, 2.75) is 38.0 Å². The highest BCUT2D eigenvalue weighted by Crippen LogP contribution is 2.30. The van der Waals surface area contributed by atoms with Crippen LogP contribution in [0.1, 0.15) is 30.5 Å². The molecule has 2 aromatic rings. The number of carbonyl (C=O) groups is 1. The fourth-order valence-corrected chi connectivity index (χ4v) is 3.80. The molecule has 6 nitrogen and oxygen atoms in total. The topological polar surface area (TPSA) is 63.7 Å². The molecule has 1 N–H and O–H groups in total. The van der Waals surface area contributed by atoms with Crippen LogP contribution in [0, 0.1) is 0 Å². The zero-order valence-electron chi connectivity index (χ0n) is 15.4. The van der Waals surface area contributed by atoms with Gasteiger partial charge in [0.05, 0.1) is 12.2 Å². The number of nitrogens with one attached hydrogen (secondary N) is 1. The van der Waals surface area contributed by atoms with E-state index in [1.807, 2.05) is 30.3 Å². The average Bonchev–Trinajstić information content (AvgIpc) is 2.95. The van der Waals surface area contributed by atoms with Crippen molar-refractivity contribution in [2.24, 2.45) is 0 Å². The van der Waals surface area contributed by atoms with Crippen LogP contribution in [0.2, 0.25) is 0 Å². The maximum Gasteiger partial charge on any atom is 0.407 e. The first-order valence-corrected chi connectivity index (χ1v) is 9.52. The number of pyridine rings is 1. The Bertz CT molecular complexity index is 783. The fraction of sp³-hybridized carbons (Fsp3) is 0.429. The fourth-order valence-electron chi connectivity index (χ4n) is 3.80. The number of ether oxygens (including phenoxy) is 2. The lowest BCUT2D eigenvalue weighted by Gasteiger charge is -2.25. The third kappa shape index (κ3) is 4.57. The van der Waals surface area contributed by atoms with Crippen LogP contribution in [-0.4, -0.2) is 41.2 Å². The Kier molecular flexibility index (Phi) is 5.25. The van der Waals surface area contributed by atoms with Gasteiger partial charge in [-0.3, -0.25) is 9.88 Å². The number of hydrogen-bond donors (Lipinski definition) is 1. The molecule has 1 aromatic carbocycles. The summed E-state index contributed by atoms with van der Waals surface area (Å²) in [5.74, 6) is 0.860. The zero-order chi connectivity index (χ0) is 18.5. The molecule has 2 saturated heterocycles. The summed E-state index contributed by atoms with van der Waals surface area (Å²) in [5, 5.41) is 2.81. The van der Waals surface area contributed by atoms with Gasteiger partial charge in [-0.25, -0.2) is 4.79 Å². The smallest absolute Gasteiger partial charge is 0.407 e. The number of nitrogens with zero attached hydrogens (tertiary/aromatic N) is 2. The molecule has 2 aliphatic rings. The van der Waals surface area contributed by atoms with E-state index in [9.17, 15) is 4.79 Å². The Morgan fingerprint density at radius 3 is 2.96 bits per heavy atom. The second kappa shape index (κ2) is 7.96. The summed E-state index contributed by atoms with van der Waals surface area (Å²) in [6, 6.07) is 14.1. The SMILES string of the molecule is O=C1NC[C@@]2(CCCN(Cc3cccc(OCc4ccccn4)c3)CC2)O1. The highest BCUT2D eigenvalue weighted by molar-refractivity contribution is 5.70. The lowest BCUT2D eigenvalue weighted by Crippen LogP contribution is -2.34. The number of likely N-dealkylation sites (tertiary alicyclic amines) is 1. The second-order valence-electron chi connectivity index (χ2n) is 7.31. The van der Waals surface area contributed by atoms with Crippen molar-refractivity contribution in [1.82, 2.24) is 15.2 Å². The van der Waals surface area contributed by atoms with Crippen molar-refractivity contribution in [1.29, 1.82) is 0 Å². The minimum absolute atomic E-state index is 0.277. The molecule has 0 saturated carbocycles. The second-order valence-corrected chi connectivity index (χ2v) is 7.31. The molecule has 142 valence electrons. The molecule has 6 heteroatoms. The van der Waals surface area contributed by atoms with E-state index >= 15 is 0 Å². The quantitative estimate of drug-likeness (QED) is 0.880. The van der Waals surface area contributed by atoms with Gasteiger partial charge in [-0.1, -0.05) is 18.2 Å². The molecule has 0 aliphatic carbocycles. The van der Waals surface area contributed by atoms with Crippen molar-refractivity contribution in [3.63, 3.8) is 0 Å². The van der Waals surface area contributed by atoms with Gasteiger partial charge in [0.15, 0.2) is 0 Å².